The van der Waals surface area contributed by atoms with Crippen LogP contribution in [0.3, 0.4) is 0 Å². The Labute approximate surface area is 144 Å². The highest BCUT2D eigenvalue weighted by atomic mass is 32.2. The topological polar surface area (TPSA) is 88.6 Å². The third kappa shape index (κ3) is 3.28. The van der Waals surface area contributed by atoms with E-state index in [2.05, 4.69) is 10.3 Å². The number of aromatic nitrogens is 1. The molecule has 24 heavy (non-hydrogen) atoms. The summed E-state index contributed by atoms with van der Waals surface area (Å²) < 4.78 is 32.1. The van der Waals surface area contributed by atoms with E-state index in [4.69, 9.17) is 4.74 Å². The summed E-state index contributed by atoms with van der Waals surface area (Å²) in [7, 11) is -2.04. The Kier molecular flexibility index (Phi) is 4.57. The third-order valence-electron chi connectivity index (χ3n) is 3.68. The van der Waals surface area contributed by atoms with Crippen LogP contribution in [0.4, 0.5) is 5.13 Å². The summed E-state index contributed by atoms with van der Waals surface area (Å²) in [6.07, 6.45) is 0.529. The number of hydrogen-bond donors (Lipinski definition) is 1. The van der Waals surface area contributed by atoms with Crippen LogP contribution in [-0.2, 0) is 27.8 Å². The van der Waals surface area contributed by atoms with E-state index in [1.807, 2.05) is 0 Å². The molecule has 1 aliphatic rings. The second kappa shape index (κ2) is 6.50. The second-order valence-corrected chi connectivity index (χ2v) is 8.36. The van der Waals surface area contributed by atoms with E-state index >= 15 is 0 Å². The average molecular weight is 367 g/mol. The number of fused-ring (bicyclic) bond motifs is 1. The highest BCUT2D eigenvalue weighted by Crippen LogP contribution is 2.31. The zero-order valence-corrected chi connectivity index (χ0v) is 14.9. The number of nitrogens with one attached hydrogen (secondary N) is 1. The minimum Gasteiger partial charge on any atom is -0.497 e. The lowest BCUT2D eigenvalue weighted by molar-refractivity contribution is -0.114. The molecule has 1 amide bonds. The minimum atomic E-state index is -3.57. The van der Waals surface area contributed by atoms with Gasteiger partial charge in [-0.3, -0.25) is 4.79 Å². The molecule has 128 valence electrons. The van der Waals surface area contributed by atoms with Gasteiger partial charge in [0.2, 0.25) is 15.9 Å². The number of methoxy groups -OCH3 is 1. The molecular formula is C15H17N3O4S2. The van der Waals surface area contributed by atoms with Crippen molar-refractivity contribution in [1.29, 1.82) is 0 Å². The molecule has 0 radical (unpaired) electrons. The van der Waals surface area contributed by atoms with E-state index in [-0.39, 0.29) is 17.3 Å². The van der Waals surface area contributed by atoms with Gasteiger partial charge in [-0.1, -0.05) is 0 Å². The minimum absolute atomic E-state index is 0.191. The van der Waals surface area contributed by atoms with Crippen LogP contribution in [0.5, 0.6) is 5.75 Å². The SMILES string of the molecule is COc1ccc(S(=O)(=O)N2CCc3nc(NC(C)=O)sc3C2)cc1. The largest absolute Gasteiger partial charge is 0.497 e. The van der Waals surface area contributed by atoms with Crippen molar-refractivity contribution >= 4 is 32.4 Å². The Morgan fingerprint density at radius 1 is 1.33 bits per heavy atom. The molecule has 0 saturated carbocycles. The third-order valence-corrected chi connectivity index (χ3v) is 6.53. The number of amides is 1. The van der Waals surface area contributed by atoms with E-state index in [1.165, 1.54) is 29.7 Å². The molecule has 1 aromatic heterocycles. The predicted octanol–water partition coefficient (Wildman–Crippen LogP) is 1.86. The zero-order chi connectivity index (χ0) is 17.3. The van der Waals surface area contributed by atoms with E-state index in [9.17, 15) is 13.2 Å². The Hall–Kier alpha value is -1.97. The first-order valence-electron chi connectivity index (χ1n) is 7.30. The summed E-state index contributed by atoms with van der Waals surface area (Å²) in [5.41, 5.74) is 0.852. The number of hydrogen-bond acceptors (Lipinski definition) is 6. The van der Waals surface area contributed by atoms with Crippen LogP contribution in [0.25, 0.3) is 0 Å². The maximum Gasteiger partial charge on any atom is 0.243 e. The first-order chi connectivity index (χ1) is 11.4. The van der Waals surface area contributed by atoms with Crippen molar-refractivity contribution in [3.63, 3.8) is 0 Å². The predicted molar refractivity (Wildman–Crippen MR) is 90.7 cm³/mol. The smallest absolute Gasteiger partial charge is 0.243 e. The molecule has 2 aromatic rings. The highest BCUT2D eigenvalue weighted by molar-refractivity contribution is 7.89. The lowest BCUT2D eigenvalue weighted by Gasteiger charge is -2.25. The van der Waals surface area contributed by atoms with Crippen molar-refractivity contribution < 1.29 is 17.9 Å². The summed E-state index contributed by atoms with van der Waals surface area (Å²) >= 11 is 1.32. The maximum atomic E-state index is 12.8. The van der Waals surface area contributed by atoms with Crippen LogP contribution in [0.15, 0.2) is 29.2 Å². The number of ether oxygens (including phenoxy) is 1. The first kappa shape index (κ1) is 16.9. The van der Waals surface area contributed by atoms with Crippen molar-refractivity contribution in [2.45, 2.75) is 24.8 Å². The zero-order valence-electron chi connectivity index (χ0n) is 13.3. The molecule has 0 bridgehead atoms. The quantitative estimate of drug-likeness (QED) is 0.891. The lowest BCUT2D eigenvalue weighted by atomic mass is 10.2. The van der Waals surface area contributed by atoms with Gasteiger partial charge in [0.25, 0.3) is 0 Å². The van der Waals surface area contributed by atoms with Crippen molar-refractivity contribution in [3.8, 4) is 5.75 Å². The standard InChI is InChI=1S/C15H17N3O4S2/c1-10(19)16-15-17-13-7-8-18(9-14(13)23-15)24(20,21)12-5-3-11(22-2)4-6-12/h3-6H,7-9H2,1-2H3,(H,16,17,19). The molecule has 9 heteroatoms. The van der Waals surface area contributed by atoms with Crippen molar-refractivity contribution in [1.82, 2.24) is 9.29 Å². The van der Waals surface area contributed by atoms with Crippen molar-refractivity contribution in [2.75, 3.05) is 19.0 Å². The molecule has 7 nitrogen and oxygen atoms in total. The molecule has 3 rings (SSSR count). The number of nitrogens with zero attached hydrogens (tertiary/aromatic N) is 2. The molecule has 0 unspecified atom stereocenters. The number of rotatable bonds is 4. The summed E-state index contributed by atoms with van der Waals surface area (Å²) in [6, 6.07) is 6.34. The van der Waals surface area contributed by atoms with Gasteiger partial charge in [-0.15, -0.1) is 11.3 Å². The van der Waals surface area contributed by atoms with Crippen LogP contribution in [-0.4, -0.2) is 37.3 Å². The van der Waals surface area contributed by atoms with E-state index in [1.54, 1.807) is 24.3 Å². The van der Waals surface area contributed by atoms with Gasteiger partial charge < -0.3 is 10.1 Å². The van der Waals surface area contributed by atoms with Crippen LogP contribution in [0.1, 0.15) is 17.5 Å². The van der Waals surface area contributed by atoms with Crippen LogP contribution < -0.4 is 10.1 Å². The number of anilines is 1. The molecule has 0 atom stereocenters. The van der Waals surface area contributed by atoms with Crippen molar-refractivity contribution in [3.05, 3.63) is 34.8 Å². The molecular weight excluding hydrogens is 350 g/mol. The number of benzene rings is 1. The number of sulfonamides is 1. The fourth-order valence-corrected chi connectivity index (χ4v) is 5.04. The van der Waals surface area contributed by atoms with Gasteiger partial charge >= 0.3 is 0 Å². The van der Waals surface area contributed by atoms with Crippen molar-refractivity contribution in [2.24, 2.45) is 0 Å². The van der Waals surface area contributed by atoms with Crippen LogP contribution >= 0.6 is 11.3 Å². The van der Waals surface area contributed by atoms with Gasteiger partial charge in [0.15, 0.2) is 5.13 Å². The average Bonchev–Trinajstić information content (AvgIpc) is 2.95. The van der Waals surface area contributed by atoms with Gasteiger partial charge in [0.05, 0.1) is 24.2 Å². The number of carbonyl (C=O) groups is 1. The maximum absolute atomic E-state index is 12.8. The van der Waals surface area contributed by atoms with Gasteiger partial charge in [-0.05, 0) is 24.3 Å². The first-order valence-corrected chi connectivity index (χ1v) is 9.56. The fraction of sp³-hybridized carbons (Fsp3) is 0.333. The fourth-order valence-electron chi connectivity index (χ4n) is 2.48. The molecule has 0 saturated heterocycles. The second-order valence-electron chi connectivity index (χ2n) is 5.33. The van der Waals surface area contributed by atoms with E-state index in [0.29, 0.717) is 23.8 Å². The molecule has 0 fully saturated rings. The van der Waals surface area contributed by atoms with Gasteiger partial charge in [-0.25, -0.2) is 13.4 Å². The van der Waals surface area contributed by atoms with E-state index < -0.39 is 10.0 Å². The summed E-state index contributed by atoms with van der Waals surface area (Å²) in [5, 5.41) is 3.16. The van der Waals surface area contributed by atoms with E-state index in [0.717, 1.165) is 10.6 Å². The number of thiazole rings is 1. The molecule has 1 N–H and O–H groups in total. The van der Waals surface area contributed by atoms with Crippen LogP contribution in [0.2, 0.25) is 0 Å². The van der Waals surface area contributed by atoms with Gasteiger partial charge in [0.1, 0.15) is 5.75 Å². The Bertz CT molecular complexity index is 859. The summed E-state index contributed by atoms with van der Waals surface area (Å²) in [6.45, 7) is 2.05. The van der Waals surface area contributed by atoms with Crippen LogP contribution in [0, 0.1) is 0 Å². The monoisotopic (exact) mass is 367 g/mol. The summed E-state index contributed by atoms with van der Waals surface area (Å²) in [4.78, 5) is 16.6. The molecule has 0 spiro atoms. The molecule has 1 aromatic carbocycles. The Balaban J connectivity index is 1.82. The Morgan fingerprint density at radius 2 is 2.04 bits per heavy atom. The summed E-state index contributed by atoms with van der Waals surface area (Å²) in [5.74, 6) is 0.418. The molecule has 1 aliphatic heterocycles. The molecule has 0 aliphatic carbocycles. The normalized spacial score (nSPS) is 14.9. The lowest BCUT2D eigenvalue weighted by Crippen LogP contribution is -2.35. The molecule has 2 heterocycles. The highest BCUT2D eigenvalue weighted by Gasteiger charge is 2.30. The van der Waals surface area contributed by atoms with Gasteiger partial charge in [0, 0.05) is 24.8 Å². The van der Waals surface area contributed by atoms with Gasteiger partial charge in [-0.2, -0.15) is 4.31 Å². The Morgan fingerprint density at radius 3 is 2.67 bits per heavy atom. The number of carbonyl (C=O) groups excluding carboxylic acids is 1.